The summed E-state index contributed by atoms with van der Waals surface area (Å²) in [7, 11) is 2.18. The fourth-order valence-electron chi connectivity index (χ4n) is 3.94. The topological polar surface area (TPSA) is 61.0 Å². The van der Waals surface area contributed by atoms with E-state index in [1.165, 1.54) is 24.0 Å². The van der Waals surface area contributed by atoms with Crippen molar-refractivity contribution in [3.8, 4) is 0 Å². The Morgan fingerprint density at radius 3 is 2.74 bits per heavy atom. The lowest BCUT2D eigenvalue weighted by molar-refractivity contribution is 0.255. The standard InChI is InChI=1S/C21H23ClN4O/c1-13-11-16(3-4-17(13)14-6-9-26(2)10-7-14)24-20-19-15(12-18(22)25-20)5-8-23-21(19)27/h3-5,8,11-12,14H,6-7,9-10H2,1-2H3,(H,23,27)(H,24,25). The molecule has 0 bridgehead atoms. The number of hydrogen-bond donors (Lipinski definition) is 2. The molecular weight excluding hydrogens is 360 g/mol. The Morgan fingerprint density at radius 2 is 2.00 bits per heavy atom. The van der Waals surface area contributed by atoms with Gasteiger partial charge in [0.2, 0.25) is 0 Å². The Bertz CT molecular complexity index is 1040. The van der Waals surface area contributed by atoms with Gasteiger partial charge in [-0.3, -0.25) is 4.79 Å². The van der Waals surface area contributed by atoms with Crippen molar-refractivity contribution in [2.24, 2.45) is 0 Å². The number of halogens is 1. The summed E-state index contributed by atoms with van der Waals surface area (Å²) in [6.07, 6.45) is 4.01. The summed E-state index contributed by atoms with van der Waals surface area (Å²) < 4.78 is 0. The lowest BCUT2D eigenvalue weighted by Gasteiger charge is -2.30. The lowest BCUT2D eigenvalue weighted by Crippen LogP contribution is -2.29. The highest BCUT2D eigenvalue weighted by atomic mass is 35.5. The Hall–Kier alpha value is -2.37. The molecule has 5 nitrogen and oxygen atoms in total. The first-order chi connectivity index (χ1) is 13.0. The van der Waals surface area contributed by atoms with Crippen LogP contribution in [0.3, 0.4) is 0 Å². The number of aryl methyl sites for hydroxylation is 1. The van der Waals surface area contributed by atoms with Gasteiger partial charge in [-0.2, -0.15) is 0 Å². The summed E-state index contributed by atoms with van der Waals surface area (Å²) in [5, 5.41) is 4.92. The van der Waals surface area contributed by atoms with Crippen LogP contribution in [0.25, 0.3) is 10.8 Å². The van der Waals surface area contributed by atoms with Crippen LogP contribution in [-0.4, -0.2) is 35.0 Å². The molecule has 1 fully saturated rings. The summed E-state index contributed by atoms with van der Waals surface area (Å²) in [5.74, 6) is 1.09. The average molecular weight is 383 g/mol. The number of nitrogens with one attached hydrogen (secondary N) is 2. The van der Waals surface area contributed by atoms with Crippen LogP contribution >= 0.6 is 11.6 Å². The van der Waals surface area contributed by atoms with Gasteiger partial charge in [0.15, 0.2) is 0 Å². The third kappa shape index (κ3) is 3.70. The average Bonchev–Trinajstić information content (AvgIpc) is 2.62. The third-order valence-electron chi connectivity index (χ3n) is 5.41. The molecule has 27 heavy (non-hydrogen) atoms. The normalized spacial score (nSPS) is 16.0. The van der Waals surface area contributed by atoms with Gasteiger partial charge in [0.25, 0.3) is 5.56 Å². The molecule has 3 heterocycles. The van der Waals surface area contributed by atoms with Crippen molar-refractivity contribution in [1.29, 1.82) is 0 Å². The predicted molar refractivity (Wildman–Crippen MR) is 111 cm³/mol. The molecule has 0 saturated carbocycles. The molecule has 1 aliphatic heterocycles. The largest absolute Gasteiger partial charge is 0.339 e. The first-order valence-electron chi connectivity index (χ1n) is 9.25. The van der Waals surface area contributed by atoms with E-state index in [0.29, 0.717) is 22.3 Å². The number of anilines is 2. The molecule has 0 amide bonds. The van der Waals surface area contributed by atoms with Crippen molar-refractivity contribution in [2.45, 2.75) is 25.7 Å². The molecular formula is C21H23ClN4O. The number of fused-ring (bicyclic) bond motifs is 1. The van der Waals surface area contributed by atoms with Crippen LogP contribution in [-0.2, 0) is 0 Å². The smallest absolute Gasteiger partial charge is 0.259 e. The van der Waals surface area contributed by atoms with E-state index in [-0.39, 0.29) is 5.56 Å². The maximum atomic E-state index is 12.3. The molecule has 2 N–H and O–H groups in total. The molecule has 1 aliphatic rings. The Balaban J connectivity index is 1.65. The SMILES string of the molecule is Cc1cc(Nc2nc(Cl)cc3cc[nH]c(=O)c23)ccc1C1CCN(C)CC1. The second kappa shape index (κ2) is 7.33. The number of hydrogen-bond acceptors (Lipinski definition) is 4. The van der Waals surface area contributed by atoms with Crippen LogP contribution < -0.4 is 10.9 Å². The van der Waals surface area contributed by atoms with Crippen LogP contribution in [0.15, 0.2) is 41.3 Å². The number of nitrogens with zero attached hydrogens (tertiary/aromatic N) is 2. The van der Waals surface area contributed by atoms with Gasteiger partial charge in [-0.25, -0.2) is 4.98 Å². The number of piperidine rings is 1. The number of H-pyrrole nitrogens is 1. The van der Waals surface area contributed by atoms with Gasteiger partial charge in [0, 0.05) is 11.9 Å². The van der Waals surface area contributed by atoms with E-state index in [0.717, 1.165) is 24.2 Å². The minimum absolute atomic E-state index is 0.182. The summed E-state index contributed by atoms with van der Waals surface area (Å²) in [6, 6.07) is 9.91. The van der Waals surface area contributed by atoms with Gasteiger partial charge in [-0.15, -0.1) is 0 Å². The van der Waals surface area contributed by atoms with Gasteiger partial charge in [-0.05, 0) is 86.6 Å². The van der Waals surface area contributed by atoms with E-state index < -0.39 is 0 Å². The molecule has 3 aromatic rings. The zero-order valence-electron chi connectivity index (χ0n) is 15.6. The monoisotopic (exact) mass is 382 g/mol. The molecule has 140 valence electrons. The van der Waals surface area contributed by atoms with Crippen LogP contribution in [0.2, 0.25) is 5.15 Å². The van der Waals surface area contributed by atoms with Gasteiger partial charge < -0.3 is 15.2 Å². The highest BCUT2D eigenvalue weighted by molar-refractivity contribution is 6.30. The van der Waals surface area contributed by atoms with Crippen LogP contribution in [0.1, 0.15) is 29.9 Å². The maximum absolute atomic E-state index is 12.3. The molecule has 2 aromatic heterocycles. The minimum atomic E-state index is -0.182. The van der Waals surface area contributed by atoms with Crippen LogP contribution in [0, 0.1) is 6.92 Å². The fourth-order valence-corrected chi connectivity index (χ4v) is 4.14. The second-order valence-electron chi connectivity index (χ2n) is 7.34. The number of benzene rings is 1. The van der Waals surface area contributed by atoms with Gasteiger partial charge in [0.05, 0.1) is 5.39 Å². The number of aromatic amines is 1. The van der Waals surface area contributed by atoms with E-state index >= 15 is 0 Å². The van der Waals surface area contributed by atoms with E-state index in [1.54, 1.807) is 12.3 Å². The predicted octanol–water partition coefficient (Wildman–Crippen LogP) is 4.44. The summed E-state index contributed by atoms with van der Waals surface area (Å²) in [6.45, 7) is 4.44. The van der Waals surface area contributed by atoms with Crippen molar-refractivity contribution < 1.29 is 0 Å². The Morgan fingerprint density at radius 1 is 1.22 bits per heavy atom. The van der Waals surface area contributed by atoms with Crippen molar-refractivity contribution in [2.75, 3.05) is 25.5 Å². The summed E-state index contributed by atoms with van der Waals surface area (Å²) >= 11 is 6.14. The van der Waals surface area contributed by atoms with Gasteiger partial charge in [0.1, 0.15) is 11.0 Å². The highest BCUT2D eigenvalue weighted by Gasteiger charge is 2.20. The zero-order valence-corrected chi connectivity index (χ0v) is 16.3. The van der Waals surface area contributed by atoms with Crippen molar-refractivity contribution >= 4 is 33.9 Å². The minimum Gasteiger partial charge on any atom is -0.339 e. The van der Waals surface area contributed by atoms with Crippen molar-refractivity contribution in [3.05, 3.63) is 63.2 Å². The van der Waals surface area contributed by atoms with E-state index in [9.17, 15) is 4.79 Å². The Labute approximate surface area is 163 Å². The summed E-state index contributed by atoms with van der Waals surface area (Å²) in [5.41, 5.74) is 3.40. The highest BCUT2D eigenvalue weighted by Crippen LogP contribution is 2.32. The number of aromatic nitrogens is 2. The van der Waals surface area contributed by atoms with Crippen molar-refractivity contribution in [1.82, 2.24) is 14.9 Å². The lowest BCUT2D eigenvalue weighted by atomic mass is 9.87. The van der Waals surface area contributed by atoms with Crippen LogP contribution in [0.5, 0.6) is 0 Å². The molecule has 0 radical (unpaired) electrons. The molecule has 0 unspecified atom stereocenters. The third-order valence-corrected chi connectivity index (χ3v) is 5.61. The van der Waals surface area contributed by atoms with Gasteiger partial charge in [-0.1, -0.05) is 17.7 Å². The number of pyridine rings is 2. The van der Waals surface area contributed by atoms with E-state index in [2.05, 4.69) is 52.4 Å². The van der Waals surface area contributed by atoms with Crippen LogP contribution in [0.4, 0.5) is 11.5 Å². The summed E-state index contributed by atoms with van der Waals surface area (Å²) in [4.78, 5) is 21.7. The number of rotatable bonds is 3. The first-order valence-corrected chi connectivity index (χ1v) is 9.63. The van der Waals surface area contributed by atoms with Crippen molar-refractivity contribution in [3.63, 3.8) is 0 Å². The molecule has 4 rings (SSSR count). The fraction of sp³-hybridized carbons (Fsp3) is 0.333. The maximum Gasteiger partial charge on any atom is 0.259 e. The van der Waals surface area contributed by atoms with E-state index in [1.807, 2.05) is 6.07 Å². The van der Waals surface area contributed by atoms with Gasteiger partial charge >= 0.3 is 0 Å². The first kappa shape index (κ1) is 18.0. The second-order valence-corrected chi connectivity index (χ2v) is 7.73. The molecule has 1 saturated heterocycles. The Kier molecular flexibility index (Phi) is 4.89. The molecule has 6 heteroatoms. The quantitative estimate of drug-likeness (QED) is 0.657. The van der Waals surface area contributed by atoms with E-state index in [4.69, 9.17) is 11.6 Å². The molecule has 0 aliphatic carbocycles. The molecule has 1 aromatic carbocycles. The zero-order chi connectivity index (χ0) is 19.0. The molecule has 0 spiro atoms. The molecule has 0 atom stereocenters. The number of likely N-dealkylation sites (tertiary alicyclic amines) is 1.